The summed E-state index contributed by atoms with van der Waals surface area (Å²) < 4.78 is 5.86. The Morgan fingerprint density at radius 2 is 1.96 bits per heavy atom. The second-order valence-electron chi connectivity index (χ2n) is 7.01. The third-order valence-electron chi connectivity index (χ3n) is 4.63. The van der Waals surface area contributed by atoms with E-state index in [1.54, 1.807) is 0 Å². The summed E-state index contributed by atoms with van der Waals surface area (Å²) in [5.74, 6) is 2.07. The van der Waals surface area contributed by atoms with Crippen molar-refractivity contribution in [3.63, 3.8) is 0 Å². The highest BCUT2D eigenvalue weighted by Gasteiger charge is 2.25. The van der Waals surface area contributed by atoms with Gasteiger partial charge in [-0.15, -0.1) is 21.5 Å². The van der Waals surface area contributed by atoms with Gasteiger partial charge in [0, 0.05) is 44.0 Å². The number of rotatable bonds is 7. The molecular formula is C18H28N4OS. The lowest BCUT2D eigenvalue weighted by Gasteiger charge is -2.36. The molecule has 24 heavy (non-hydrogen) atoms. The molecular weight excluding hydrogens is 320 g/mol. The minimum absolute atomic E-state index is 0.206. The molecule has 0 amide bonds. The van der Waals surface area contributed by atoms with Crippen molar-refractivity contribution in [1.29, 1.82) is 0 Å². The molecule has 3 rings (SSSR count). The molecule has 0 unspecified atom stereocenters. The Bertz CT molecular complexity index is 602. The second-order valence-corrected chi connectivity index (χ2v) is 8.05. The van der Waals surface area contributed by atoms with Gasteiger partial charge in [-0.3, -0.25) is 4.90 Å². The molecule has 0 spiro atoms. The van der Waals surface area contributed by atoms with Crippen LogP contribution in [0.4, 0.5) is 0 Å². The molecule has 0 aliphatic carbocycles. The van der Waals surface area contributed by atoms with E-state index in [4.69, 9.17) is 4.42 Å². The SMILES string of the molecule is CC(C)Cc1nnc([C@H](C)N2CCN(CCc3cccs3)CC2)o1. The van der Waals surface area contributed by atoms with Gasteiger partial charge in [0.2, 0.25) is 11.8 Å². The van der Waals surface area contributed by atoms with Gasteiger partial charge in [-0.1, -0.05) is 19.9 Å². The van der Waals surface area contributed by atoms with E-state index < -0.39 is 0 Å². The lowest BCUT2D eigenvalue weighted by molar-refractivity contribution is 0.0915. The molecule has 2 aromatic rings. The Balaban J connectivity index is 1.46. The molecule has 2 aromatic heterocycles. The van der Waals surface area contributed by atoms with E-state index in [1.807, 2.05) is 11.3 Å². The minimum atomic E-state index is 0.206. The molecule has 0 radical (unpaired) electrons. The summed E-state index contributed by atoms with van der Waals surface area (Å²) in [7, 11) is 0. The van der Waals surface area contributed by atoms with E-state index in [2.05, 4.69) is 58.3 Å². The molecule has 1 atom stereocenters. The maximum atomic E-state index is 5.86. The van der Waals surface area contributed by atoms with Gasteiger partial charge in [0.25, 0.3) is 0 Å². The van der Waals surface area contributed by atoms with Crippen LogP contribution < -0.4 is 0 Å². The van der Waals surface area contributed by atoms with Gasteiger partial charge in [0.1, 0.15) is 0 Å². The molecule has 132 valence electrons. The van der Waals surface area contributed by atoms with Crippen molar-refractivity contribution in [2.45, 2.75) is 39.7 Å². The highest BCUT2D eigenvalue weighted by molar-refractivity contribution is 7.09. The smallest absolute Gasteiger partial charge is 0.233 e. The number of hydrogen-bond donors (Lipinski definition) is 0. The van der Waals surface area contributed by atoms with Gasteiger partial charge < -0.3 is 9.32 Å². The minimum Gasteiger partial charge on any atom is -0.424 e. The van der Waals surface area contributed by atoms with Crippen LogP contribution in [0.25, 0.3) is 0 Å². The van der Waals surface area contributed by atoms with Crippen molar-refractivity contribution in [3.05, 3.63) is 34.2 Å². The number of aromatic nitrogens is 2. The predicted molar refractivity (Wildman–Crippen MR) is 97.3 cm³/mol. The van der Waals surface area contributed by atoms with Crippen molar-refractivity contribution in [3.8, 4) is 0 Å². The van der Waals surface area contributed by atoms with Crippen LogP contribution in [0, 0.1) is 5.92 Å². The van der Waals surface area contributed by atoms with Gasteiger partial charge in [0.05, 0.1) is 6.04 Å². The van der Waals surface area contributed by atoms with Crippen LogP contribution in [0.5, 0.6) is 0 Å². The van der Waals surface area contributed by atoms with Gasteiger partial charge in [-0.25, -0.2) is 0 Å². The van der Waals surface area contributed by atoms with Crippen LogP contribution in [-0.4, -0.2) is 52.7 Å². The van der Waals surface area contributed by atoms with Crippen molar-refractivity contribution >= 4 is 11.3 Å². The van der Waals surface area contributed by atoms with Gasteiger partial charge >= 0.3 is 0 Å². The molecule has 1 aliphatic rings. The molecule has 3 heterocycles. The molecule has 0 N–H and O–H groups in total. The van der Waals surface area contributed by atoms with Crippen LogP contribution in [0.15, 0.2) is 21.9 Å². The standard InChI is InChI=1S/C18H28N4OS/c1-14(2)13-17-19-20-18(23-17)15(3)22-10-8-21(9-11-22)7-6-16-5-4-12-24-16/h4-5,12,14-15H,6-11,13H2,1-3H3/t15-/m0/s1. The summed E-state index contributed by atoms with van der Waals surface area (Å²) >= 11 is 1.86. The quantitative estimate of drug-likeness (QED) is 0.768. The average Bonchev–Trinajstić information content (AvgIpc) is 3.24. The molecule has 5 nitrogen and oxygen atoms in total. The van der Waals surface area contributed by atoms with Crippen molar-refractivity contribution in [2.24, 2.45) is 5.92 Å². The van der Waals surface area contributed by atoms with E-state index in [-0.39, 0.29) is 6.04 Å². The Kier molecular flexibility index (Phi) is 6.03. The van der Waals surface area contributed by atoms with Gasteiger partial charge in [-0.05, 0) is 30.7 Å². The third kappa shape index (κ3) is 4.65. The molecule has 6 heteroatoms. The lowest BCUT2D eigenvalue weighted by atomic mass is 10.1. The van der Waals surface area contributed by atoms with Crippen molar-refractivity contribution in [2.75, 3.05) is 32.7 Å². The first-order valence-electron chi connectivity index (χ1n) is 8.93. The Labute approximate surface area is 148 Å². The van der Waals surface area contributed by atoms with Gasteiger partial charge in [0.15, 0.2) is 0 Å². The lowest BCUT2D eigenvalue weighted by Crippen LogP contribution is -2.47. The van der Waals surface area contributed by atoms with Crippen molar-refractivity contribution in [1.82, 2.24) is 20.0 Å². The molecule has 0 bridgehead atoms. The predicted octanol–water partition coefficient (Wildman–Crippen LogP) is 3.25. The zero-order valence-electron chi connectivity index (χ0n) is 14.9. The fourth-order valence-electron chi connectivity index (χ4n) is 3.12. The molecule has 0 saturated carbocycles. The van der Waals surface area contributed by atoms with E-state index in [9.17, 15) is 0 Å². The average molecular weight is 349 g/mol. The van der Waals surface area contributed by atoms with Crippen LogP contribution in [0.1, 0.15) is 43.5 Å². The number of thiophene rings is 1. The van der Waals surface area contributed by atoms with Crippen LogP contribution in [-0.2, 0) is 12.8 Å². The third-order valence-corrected chi connectivity index (χ3v) is 5.57. The van der Waals surface area contributed by atoms with E-state index >= 15 is 0 Å². The Morgan fingerprint density at radius 3 is 2.62 bits per heavy atom. The summed E-state index contributed by atoms with van der Waals surface area (Å²) in [5, 5.41) is 10.6. The first-order valence-corrected chi connectivity index (χ1v) is 9.81. The summed E-state index contributed by atoms with van der Waals surface area (Å²) in [6.07, 6.45) is 2.02. The van der Waals surface area contributed by atoms with Gasteiger partial charge in [-0.2, -0.15) is 0 Å². The van der Waals surface area contributed by atoms with Crippen LogP contribution >= 0.6 is 11.3 Å². The second kappa shape index (κ2) is 8.23. The zero-order valence-corrected chi connectivity index (χ0v) is 15.8. The van der Waals surface area contributed by atoms with Crippen LogP contribution in [0.3, 0.4) is 0 Å². The maximum Gasteiger partial charge on any atom is 0.233 e. The monoisotopic (exact) mass is 348 g/mol. The fourth-order valence-corrected chi connectivity index (χ4v) is 3.82. The topological polar surface area (TPSA) is 45.4 Å². The molecule has 0 aromatic carbocycles. The largest absolute Gasteiger partial charge is 0.424 e. The number of nitrogens with zero attached hydrogens (tertiary/aromatic N) is 4. The molecule has 1 fully saturated rings. The number of hydrogen-bond acceptors (Lipinski definition) is 6. The zero-order chi connectivity index (χ0) is 16.9. The normalized spacial score (nSPS) is 18.3. The number of piperazine rings is 1. The first-order chi connectivity index (χ1) is 11.6. The Hall–Kier alpha value is -1.24. The van der Waals surface area contributed by atoms with Crippen LogP contribution in [0.2, 0.25) is 0 Å². The summed E-state index contributed by atoms with van der Waals surface area (Å²) in [6.45, 7) is 12.0. The highest BCUT2D eigenvalue weighted by atomic mass is 32.1. The van der Waals surface area contributed by atoms with E-state index in [1.165, 1.54) is 4.88 Å². The fraction of sp³-hybridized carbons (Fsp3) is 0.667. The highest BCUT2D eigenvalue weighted by Crippen LogP contribution is 2.21. The van der Waals surface area contributed by atoms with E-state index in [0.717, 1.165) is 57.3 Å². The molecule has 1 aliphatic heterocycles. The summed E-state index contributed by atoms with van der Waals surface area (Å²) in [6, 6.07) is 4.57. The summed E-state index contributed by atoms with van der Waals surface area (Å²) in [4.78, 5) is 6.49. The summed E-state index contributed by atoms with van der Waals surface area (Å²) in [5.41, 5.74) is 0. The molecule has 1 saturated heterocycles. The van der Waals surface area contributed by atoms with E-state index in [0.29, 0.717) is 5.92 Å². The Morgan fingerprint density at radius 1 is 1.17 bits per heavy atom. The first kappa shape index (κ1) is 17.6. The maximum absolute atomic E-state index is 5.86. The van der Waals surface area contributed by atoms with Crippen molar-refractivity contribution < 1.29 is 4.42 Å².